The van der Waals surface area contributed by atoms with Crippen LogP contribution in [0.3, 0.4) is 0 Å². The van der Waals surface area contributed by atoms with Gasteiger partial charge in [-0.25, -0.2) is 4.79 Å². The maximum absolute atomic E-state index is 12.8. The van der Waals surface area contributed by atoms with Crippen molar-refractivity contribution in [1.29, 1.82) is 0 Å². The van der Waals surface area contributed by atoms with E-state index < -0.39 is 17.7 Å². The molecule has 2 atom stereocenters. The maximum atomic E-state index is 12.8. The number of carbonyl (C=O) groups is 2. The van der Waals surface area contributed by atoms with E-state index >= 15 is 0 Å². The predicted molar refractivity (Wildman–Crippen MR) is 94.6 cm³/mol. The van der Waals surface area contributed by atoms with Crippen LogP contribution in [0.15, 0.2) is 40.1 Å². The fourth-order valence-corrected chi connectivity index (χ4v) is 3.91. The number of Topliss-reactive ketones (excluding diaryl/α,β-unsaturated/α-hetero) is 1. The van der Waals surface area contributed by atoms with Crippen LogP contribution in [0.5, 0.6) is 0 Å². The van der Waals surface area contributed by atoms with Crippen molar-refractivity contribution in [3.05, 3.63) is 45.6 Å². The Kier molecular flexibility index (Phi) is 4.54. The van der Waals surface area contributed by atoms with Crippen molar-refractivity contribution in [2.45, 2.75) is 44.8 Å². The third kappa shape index (κ3) is 3.37. The molecular formula is C19H21BrO5. The minimum atomic E-state index is -2.08. The first-order valence-electron chi connectivity index (χ1n) is 8.17. The van der Waals surface area contributed by atoms with E-state index in [0.717, 1.165) is 10.0 Å². The molecule has 0 fully saturated rings. The Labute approximate surface area is 155 Å². The second-order valence-corrected chi connectivity index (χ2v) is 8.38. The number of hydrogen-bond donors (Lipinski definition) is 1. The third-order valence-corrected chi connectivity index (χ3v) is 5.31. The lowest BCUT2D eigenvalue weighted by atomic mass is 9.70. The van der Waals surface area contributed by atoms with Crippen LogP contribution in [0.4, 0.5) is 0 Å². The summed E-state index contributed by atoms with van der Waals surface area (Å²) in [7, 11) is 1.21. The largest absolute Gasteiger partial charge is 0.464 e. The molecule has 5 nitrogen and oxygen atoms in total. The molecule has 6 heteroatoms. The van der Waals surface area contributed by atoms with Crippen LogP contribution in [-0.2, 0) is 19.1 Å². The monoisotopic (exact) mass is 408 g/mol. The minimum Gasteiger partial charge on any atom is -0.464 e. The number of hydrogen-bond acceptors (Lipinski definition) is 5. The standard InChI is InChI=1S/C19H21BrO5/c1-18(2)9-14(21)16-13(11-4-6-12(20)7-5-11)8-19(23,17(22)24-3)25-15(16)10-18/h4-7,13,23H,8-10H2,1-3H3/t13-,19?/m1/s1. The van der Waals surface area contributed by atoms with Gasteiger partial charge in [0, 0.05) is 35.2 Å². The van der Waals surface area contributed by atoms with Crippen LogP contribution in [0.1, 0.15) is 44.6 Å². The van der Waals surface area contributed by atoms with Gasteiger partial charge in [0.1, 0.15) is 5.76 Å². The van der Waals surface area contributed by atoms with Crippen LogP contribution >= 0.6 is 15.9 Å². The molecule has 0 amide bonds. The van der Waals surface area contributed by atoms with Crippen molar-refractivity contribution in [3.63, 3.8) is 0 Å². The number of ether oxygens (including phenoxy) is 2. The highest BCUT2D eigenvalue weighted by Crippen LogP contribution is 2.49. The normalized spacial score (nSPS) is 28.2. The van der Waals surface area contributed by atoms with Gasteiger partial charge >= 0.3 is 11.8 Å². The first-order valence-corrected chi connectivity index (χ1v) is 8.96. The zero-order valence-electron chi connectivity index (χ0n) is 14.5. The molecule has 0 bridgehead atoms. The fraction of sp³-hybridized carbons (Fsp3) is 0.474. The van der Waals surface area contributed by atoms with Gasteiger partial charge in [0.15, 0.2) is 5.78 Å². The van der Waals surface area contributed by atoms with E-state index in [1.54, 1.807) is 0 Å². The van der Waals surface area contributed by atoms with Crippen molar-refractivity contribution in [2.75, 3.05) is 7.11 Å². The number of benzene rings is 1. The fourth-order valence-electron chi connectivity index (χ4n) is 3.65. The Morgan fingerprint density at radius 3 is 2.52 bits per heavy atom. The van der Waals surface area contributed by atoms with Gasteiger partial charge in [-0.1, -0.05) is 41.9 Å². The number of esters is 1. The quantitative estimate of drug-likeness (QED) is 0.758. The molecule has 0 spiro atoms. The average molecular weight is 409 g/mol. The predicted octanol–water partition coefficient (Wildman–Crippen LogP) is 3.46. The molecule has 1 aliphatic heterocycles. The second-order valence-electron chi connectivity index (χ2n) is 7.46. The van der Waals surface area contributed by atoms with Gasteiger partial charge in [0.25, 0.3) is 0 Å². The lowest BCUT2D eigenvalue weighted by Gasteiger charge is -2.42. The van der Waals surface area contributed by atoms with E-state index in [2.05, 4.69) is 15.9 Å². The van der Waals surface area contributed by atoms with Crippen molar-refractivity contribution < 1.29 is 24.2 Å². The van der Waals surface area contributed by atoms with Crippen LogP contribution < -0.4 is 0 Å². The lowest BCUT2D eigenvalue weighted by molar-refractivity contribution is -0.223. The van der Waals surface area contributed by atoms with E-state index in [1.165, 1.54) is 7.11 Å². The molecule has 1 heterocycles. The molecule has 0 aromatic heterocycles. The highest BCUT2D eigenvalue weighted by atomic mass is 79.9. The topological polar surface area (TPSA) is 72.8 Å². The molecule has 25 heavy (non-hydrogen) atoms. The summed E-state index contributed by atoms with van der Waals surface area (Å²) < 4.78 is 11.3. The molecular weight excluding hydrogens is 388 g/mol. The Morgan fingerprint density at radius 2 is 1.92 bits per heavy atom. The van der Waals surface area contributed by atoms with Crippen LogP contribution in [0.25, 0.3) is 0 Å². The summed E-state index contributed by atoms with van der Waals surface area (Å²) in [6, 6.07) is 7.52. The third-order valence-electron chi connectivity index (χ3n) is 4.78. The molecule has 1 aromatic rings. The Hall–Kier alpha value is -1.66. The average Bonchev–Trinajstić information content (AvgIpc) is 2.52. The SMILES string of the molecule is COC(=O)C1(O)C[C@H](c2ccc(Br)cc2)C2=C(CC(C)(C)CC2=O)O1. The molecule has 1 N–H and O–H groups in total. The number of methoxy groups -OCH3 is 1. The van der Waals surface area contributed by atoms with E-state index in [4.69, 9.17) is 9.47 Å². The summed E-state index contributed by atoms with van der Waals surface area (Å²) in [5, 5.41) is 10.8. The van der Waals surface area contributed by atoms with Crippen molar-refractivity contribution in [3.8, 4) is 0 Å². The molecule has 0 saturated carbocycles. The molecule has 1 unspecified atom stereocenters. The smallest absolute Gasteiger partial charge is 0.379 e. The highest BCUT2D eigenvalue weighted by molar-refractivity contribution is 9.10. The Balaban J connectivity index is 2.11. The molecule has 1 aliphatic carbocycles. The Bertz CT molecular complexity index is 750. The van der Waals surface area contributed by atoms with Gasteiger partial charge in [-0.05, 0) is 23.1 Å². The zero-order chi connectivity index (χ0) is 18.4. The molecule has 0 saturated heterocycles. The molecule has 3 rings (SSSR count). The number of aliphatic hydroxyl groups is 1. The summed E-state index contributed by atoms with van der Waals surface area (Å²) >= 11 is 3.39. The van der Waals surface area contributed by atoms with Gasteiger partial charge in [0.2, 0.25) is 0 Å². The van der Waals surface area contributed by atoms with Crippen molar-refractivity contribution >= 4 is 27.7 Å². The van der Waals surface area contributed by atoms with E-state index in [9.17, 15) is 14.7 Å². The van der Waals surface area contributed by atoms with Gasteiger partial charge < -0.3 is 14.6 Å². The highest BCUT2D eigenvalue weighted by Gasteiger charge is 2.52. The summed E-state index contributed by atoms with van der Waals surface area (Å²) in [5.74, 6) is -2.94. The van der Waals surface area contributed by atoms with E-state index in [0.29, 0.717) is 24.2 Å². The first kappa shape index (κ1) is 18.1. The first-order chi connectivity index (χ1) is 11.6. The lowest BCUT2D eigenvalue weighted by Crippen LogP contribution is -2.48. The molecule has 0 radical (unpaired) electrons. The second kappa shape index (κ2) is 6.25. The molecule has 134 valence electrons. The van der Waals surface area contributed by atoms with Crippen LogP contribution in [-0.4, -0.2) is 29.8 Å². The van der Waals surface area contributed by atoms with Gasteiger partial charge in [-0.15, -0.1) is 0 Å². The van der Waals surface area contributed by atoms with Gasteiger partial charge in [-0.2, -0.15) is 0 Å². The number of rotatable bonds is 2. The number of ketones is 1. The number of carbonyl (C=O) groups excluding carboxylic acids is 2. The van der Waals surface area contributed by atoms with E-state index in [-0.39, 0.29) is 17.6 Å². The van der Waals surface area contributed by atoms with E-state index in [1.807, 2.05) is 38.1 Å². The Morgan fingerprint density at radius 1 is 1.28 bits per heavy atom. The summed E-state index contributed by atoms with van der Waals surface area (Å²) in [4.78, 5) is 24.9. The van der Waals surface area contributed by atoms with Crippen molar-refractivity contribution in [1.82, 2.24) is 0 Å². The summed E-state index contributed by atoms with van der Waals surface area (Å²) in [6.45, 7) is 3.94. The number of halogens is 1. The van der Waals surface area contributed by atoms with Gasteiger partial charge in [-0.3, -0.25) is 4.79 Å². The molecule has 1 aromatic carbocycles. The summed E-state index contributed by atoms with van der Waals surface area (Å²) in [5.41, 5.74) is 1.14. The van der Waals surface area contributed by atoms with Crippen molar-refractivity contribution in [2.24, 2.45) is 5.41 Å². The summed E-state index contributed by atoms with van der Waals surface area (Å²) in [6.07, 6.45) is 0.853. The number of allylic oxidation sites excluding steroid dienone is 2. The zero-order valence-corrected chi connectivity index (χ0v) is 16.1. The van der Waals surface area contributed by atoms with Crippen LogP contribution in [0.2, 0.25) is 0 Å². The minimum absolute atomic E-state index is 0.00563. The van der Waals surface area contributed by atoms with Gasteiger partial charge in [0.05, 0.1) is 7.11 Å². The van der Waals surface area contributed by atoms with Crippen LogP contribution in [0, 0.1) is 5.41 Å². The maximum Gasteiger partial charge on any atom is 0.379 e. The molecule has 2 aliphatic rings.